The van der Waals surface area contributed by atoms with Crippen LogP contribution in [0.1, 0.15) is 12.8 Å². The Labute approximate surface area is 156 Å². The molecule has 0 spiro atoms. The van der Waals surface area contributed by atoms with Crippen LogP contribution in [0.25, 0.3) is 11.3 Å². The minimum Gasteiger partial charge on any atom is -0.369 e. The van der Waals surface area contributed by atoms with Crippen molar-refractivity contribution in [1.29, 1.82) is 0 Å². The third-order valence-corrected chi connectivity index (χ3v) is 6.97. The van der Waals surface area contributed by atoms with Gasteiger partial charge in [-0.1, -0.05) is 0 Å². The largest absolute Gasteiger partial charge is 0.369 e. The normalized spacial score (nSPS) is 26.0. The lowest BCUT2D eigenvalue weighted by molar-refractivity contribution is -0.0204. The molecule has 2 N–H and O–H groups in total. The fourth-order valence-corrected chi connectivity index (χ4v) is 4.96. The summed E-state index contributed by atoms with van der Waals surface area (Å²) < 4.78 is 56.4. The molecule has 2 aliphatic rings. The lowest BCUT2D eigenvalue weighted by Crippen LogP contribution is -2.23. The molecule has 0 radical (unpaired) electrons. The van der Waals surface area contributed by atoms with Crippen molar-refractivity contribution < 1.29 is 17.2 Å². The van der Waals surface area contributed by atoms with Crippen LogP contribution in [0.2, 0.25) is 0 Å². The van der Waals surface area contributed by atoms with Gasteiger partial charge in [0.25, 0.3) is 5.92 Å². The molecular weight excluding hydrogens is 376 g/mol. The zero-order valence-electron chi connectivity index (χ0n) is 15.0. The number of fused-ring (bicyclic) bond motifs is 1. The Hall–Kier alpha value is -2.07. The summed E-state index contributed by atoms with van der Waals surface area (Å²) >= 11 is 0. The molecule has 2 fully saturated rings. The first kappa shape index (κ1) is 18.3. The maximum Gasteiger partial charge on any atom is 0.251 e. The molecule has 4 rings (SSSR count). The Kier molecular flexibility index (Phi) is 4.22. The average molecular weight is 397 g/mol. The summed E-state index contributed by atoms with van der Waals surface area (Å²) in [7, 11) is -0.648. The van der Waals surface area contributed by atoms with Gasteiger partial charge in [-0.05, 0) is 31.4 Å². The Morgan fingerprint density at radius 3 is 2.74 bits per heavy atom. The zero-order chi connectivity index (χ0) is 19.4. The van der Waals surface area contributed by atoms with E-state index in [-0.39, 0.29) is 35.5 Å². The van der Waals surface area contributed by atoms with E-state index in [0.29, 0.717) is 17.7 Å². The van der Waals surface area contributed by atoms with Crippen LogP contribution in [0.3, 0.4) is 0 Å². The van der Waals surface area contributed by atoms with Crippen LogP contribution in [0.4, 0.5) is 14.6 Å². The Bertz CT molecular complexity index is 975. The molecule has 2 aliphatic carbocycles. The van der Waals surface area contributed by atoms with E-state index in [9.17, 15) is 17.2 Å². The van der Waals surface area contributed by atoms with E-state index < -0.39 is 21.9 Å². The summed E-state index contributed by atoms with van der Waals surface area (Å²) in [5.74, 6) is -3.16. The minimum atomic E-state index is -3.78. The van der Waals surface area contributed by atoms with E-state index in [1.54, 1.807) is 17.1 Å². The van der Waals surface area contributed by atoms with E-state index in [1.165, 1.54) is 19.3 Å². The van der Waals surface area contributed by atoms with E-state index in [4.69, 9.17) is 0 Å². The monoisotopic (exact) mass is 397 g/mol. The quantitative estimate of drug-likeness (QED) is 0.779. The van der Waals surface area contributed by atoms with Gasteiger partial charge in [0.1, 0.15) is 10.7 Å². The van der Waals surface area contributed by atoms with Crippen molar-refractivity contribution in [3.05, 3.63) is 24.8 Å². The van der Waals surface area contributed by atoms with Gasteiger partial charge in [-0.25, -0.2) is 31.9 Å². The molecule has 146 valence electrons. The molecule has 27 heavy (non-hydrogen) atoms. The van der Waals surface area contributed by atoms with Crippen LogP contribution in [0.5, 0.6) is 0 Å². The van der Waals surface area contributed by atoms with E-state index in [2.05, 4.69) is 20.0 Å². The molecule has 10 heteroatoms. The predicted molar refractivity (Wildman–Crippen MR) is 95.8 cm³/mol. The SMILES string of the molecule is CNS(=O)(=O)c1cc(-c2cn(C)cn2)cnc1NC[C@@H]1[C@H]2CCC(F)(F)[C@H]21. The fraction of sp³-hybridized carbons (Fsp3) is 0.529. The third kappa shape index (κ3) is 3.20. The van der Waals surface area contributed by atoms with Crippen molar-refractivity contribution in [2.45, 2.75) is 23.7 Å². The maximum absolute atomic E-state index is 13.8. The number of anilines is 1. The highest BCUT2D eigenvalue weighted by Gasteiger charge is 2.66. The summed E-state index contributed by atoms with van der Waals surface area (Å²) in [5, 5.41) is 2.98. The van der Waals surface area contributed by atoms with Gasteiger partial charge in [0.2, 0.25) is 10.0 Å². The van der Waals surface area contributed by atoms with Gasteiger partial charge in [0.05, 0.1) is 12.0 Å². The van der Waals surface area contributed by atoms with Crippen molar-refractivity contribution in [2.24, 2.45) is 24.8 Å². The molecule has 0 saturated heterocycles. The number of halogens is 2. The highest BCUT2D eigenvalue weighted by atomic mass is 32.2. The molecule has 3 atom stereocenters. The number of nitrogens with one attached hydrogen (secondary N) is 2. The highest BCUT2D eigenvalue weighted by Crippen LogP contribution is 2.64. The van der Waals surface area contributed by atoms with Crippen molar-refractivity contribution in [3.63, 3.8) is 0 Å². The van der Waals surface area contributed by atoms with Gasteiger partial charge < -0.3 is 9.88 Å². The third-order valence-electron chi connectivity index (χ3n) is 5.55. The smallest absolute Gasteiger partial charge is 0.251 e. The first-order chi connectivity index (χ1) is 12.7. The molecule has 0 aliphatic heterocycles. The number of hydrogen-bond acceptors (Lipinski definition) is 5. The second-order valence-corrected chi connectivity index (χ2v) is 9.09. The second kappa shape index (κ2) is 6.23. The molecule has 0 unspecified atom stereocenters. The summed E-state index contributed by atoms with van der Waals surface area (Å²) in [6.45, 7) is 0.285. The maximum atomic E-state index is 13.8. The van der Waals surface area contributed by atoms with Gasteiger partial charge >= 0.3 is 0 Å². The summed E-state index contributed by atoms with van der Waals surface area (Å²) in [6.07, 6.45) is 5.38. The number of imidazole rings is 1. The molecule has 0 bridgehead atoms. The molecule has 2 aromatic heterocycles. The van der Waals surface area contributed by atoms with Gasteiger partial charge in [0.15, 0.2) is 0 Å². The number of sulfonamides is 1. The van der Waals surface area contributed by atoms with Gasteiger partial charge in [-0.15, -0.1) is 0 Å². The highest BCUT2D eigenvalue weighted by molar-refractivity contribution is 7.89. The van der Waals surface area contributed by atoms with Crippen molar-refractivity contribution in [2.75, 3.05) is 18.9 Å². The fourth-order valence-electron chi connectivity index (χ4n) is 4.08. The number of alkyl halides is 2. The zero-order valence-corrected chi connectivity index (χ0v) is 15.8. The Morgan fingerprint density at radius 1 is 1.37 bits per heavy atom. The predicted octanol–water partition coefficient (Wildman–Crippen LogP) is 2.09. The number of rotatable bonds is 6. The van der Waals surface area contributed by atoms with Crippen LogP contribution in [-0.2, 0) is 17.1 Å². The van der Waals surface area contributed by atoms with Gasteiger partial charge in [-0.3, -0.25) is 0 Å². The molecule has 7 nitrogen and oxygen atoms in total. The van der Waals surface area contributed by atoms with Gasteiger partial charge in [-0.2, -0.15) is 0 Å². The van der Waals surface area contributed by atoms with Crippen molar-refractivity contribution in [1.82, 2.24) is 19.3 Å². The Balaban J connectivity index is 1.59. The topological polar surface area (TPSA) is 88.9 Å². The first-order valence-corrected chi connectivity index (χ1v) is 10.2. The summed E-state index contributed by atoms with van der Waals surface area (Å²) in [6, 6.07) is 1.49. The molecular formula is C17H21F2N5O2S. The molecule has 0 aromatic carbocycles. The number of pyridine rings is 1. The van der Waals surface area contributed by atoms with Crippen molar-refractivity contribution in [3.8, 4) is 11.3 Å². The Morgan fingerprint density at radius 2 is 2.15 bits per heavy atom. The van der Waals surface area contributed by atoms with Crippen LogP contribution in [-0.4, -0.2) is 42.5 Å². The van der Waals surface area contributed by atoms with Crippen molar-refractivity contribution >= 4 is 15.8 Å². The minimum absolute atomic E-state index is 0.0182. The number of aromatic nitrogens is 3. The molecule has 2 aromatic rings. The van der Waals surface area contributed by atoms with Crippen LogP contribution in [0.15, 0.2) is 29.7 Å². The molecule has 2 heterocycles. The standard InChI is InChI=1S/C17H21F2N5O2S/c1-20-27(25,26)14-5-10(13-8-24(2)9-23-13)6-21-16(14)22-7-12-11-3-4-17(18,19)15(11)12/h5-6,8-9,11-12,15,20H,3-4,7H2,1-2H3,(H,21,22)/t11-,12-,15-/m1/s1. The molecule has 2 saturated carbocycles. The van der Waals surface area contributed by atoms with Gasteiger partial charge in [0, 0.05) is 43.9 Å². The van der Waals surface area contributed by atoms with Crippen LogP contribution >= 0.6 is 0 Å². The lowest BCUT2D eigenvalue weighted by Gasteiger charge is -2.15. The van der Waals surface area contributed by atoms with E-state index in [0.717, 1.165) is 0 Å². The van der Waals surface area contributed by atoms with Crippen LogP contribution in [0, 0.1) is 17.8 Å². The first-order valence-electron chi connectivity index (χ1n) is 8.76. The van der Waals surface area contributed by atoms with E-state index >= 15 is 0 Å². The van der Waals surface area contributed by atoms with Crippen LogP contribution < -0.4 is 10.0 Å². The summed E-state index contributed by atoms with van der Waals surface area (Å²) in [5.41, 5.74) is 1.16. The number of aryl methyl sites for hydroxylation is 1. The molecule has 0 amide bonds. The number of nitrogens with zero attached hydrogens (tertiary/aromatic N) is 3. The average Bonchev–Trinajstić information content (AvgIpc) is 3.03. The second-order valence-electron chi connectivity index (χ2n) is 7.24. The number of hydrogen-bond donors (Lipinski definition) is 2. The lowest BCUT2D eigenvalue weighted by atomic mass is 10.1. The summed E-state index contributed by atoms with van der Waals surface area (Å²) in [4.78, 5) is 8.43. The van der Waals surface area contributed by atoms with E-state index in [1.807, 2.05) is 7.05 Å².